The van der Waals surface area contributed by atoms with Crippen LogP contribution in [0.25, 0.3) is 10.8 Å². The topological polar surface area (TPSA) is 83.5 Å². The van der Waals surface area contributed by atoms with Crippen LogP contribution >= 0.6 is 0 Å². The predicted octanol–water partition coefficient (Wildman–Crippen LogP) is 3.19. The minimum Gasteiger partial charge on any atom is -0.508 e. The van der Waals surface area contributed by atoms with Crippen molar-refractivity contribution >= 4 is 26.5 Å². The molecule has 0 spiro atoms. The fourth-order valence-electron chi connectivity index (χ4n) is 3.82. The number of phenolic OH excluding ortho intramolecular Hbond substituents is 1. The zero-order valence-electron chi connectivity index (χ0n) is 15.2. The first-order valence-corrected chi connectivity index (χ1v) is 11.0. The number of aromatic hydroxyl groups is 1. The number of nitrogens with one attached hydrogen (secondary N) is 1. The lowest BCUT2D eigenvalue weighted by Crippen LogP contribution is -2.35. The molecule has 6 heteroatoms. The molecule has 1 amide bonds. The van der Waals surface area contributed by atoms with Crippen molar-refractivity contribution in [3.63, 3.8) is 0 Å². The van der Waals surface area contributed by atoms with Gasteiger partial charge in [-0.05, 0) is 28.8 Å². The lowest BCUT2D eigenvalue weighted by Gasteiger charge is -2.24. The number of amides is 1. The van der Waals surface area contributed by atoms with Crippen molar-refractivity contribution in [3.05, 3.63) is 77.9 Å². The van der Waals surface area contributed by atoms with Crippen LogP contribution in [0, 0.1) is 5.92 Å². The smallest absolute Gasteiger partial charge is 0.224 e. The third kappa shape index (κ3) is 3.60. The maximum atomic E-state index is 12.9. The number of benzene rings is 3. The van der Waals surface area contributed by atoms with Gasteiger partial charge < -0.3 is 10.4 Å². The summed E-state index contributed by atoms with van der Waals surface area (Å²) in [6, 6.07) is 19.9. The Morgan fingerprint density at radius 3 is 2.43 bits per heavy atom. The molecule has 28 heavy (non-hydrogen) atoms. The molecular weight excluding hydrogens is 374 g/mol. The average molecular weight is 395 g/mol. The van der Waals surface area contributed by atoms with Gasteiger partial charge in [-0.15, -0.1) is 0 Å². The summed E-state index contributed by atoms with van der Waals surface area (Å²) in [4.78, 5) is 12.9. The number of phenols is 1. The number of hydrogen-bond donors (Lipinski definition) is 2. The Bertz CT molecular complexity index is 1130. The van der Waals surface area contributed by atoms with Gasteiger partial charge in [-0.3, -0.25) is 4.79 Å². The van der Waals surface area contributed by atoms with E-state index < -0.39 is 21.8 Å². The second-order valence-electron chi connectivity index (χ2n) is 7.17. The fraction of sp³-hybridized carbons (Fsp3) is 0.227. The molecule has 1 aliphatic rings. The minimum atomic E-state index is -3.16. The van der Waals surface area contributed by atoms with Gasteiger partial charge in [0.15, 0.2) is 9.84 Å². The highest BCUT2D eigenvalue weighted by atomic mass is 32.2. The molecular formula is C22H21NO4S. The second-order valence-corrected chi connectivity index (χ2v) is 9.40. The molecule has 0 aliphatic carbocycles. The fourth-order valence-corrected chi connectivity index (χ4v) is 5.56. The Hall–Kier alpha value is -2.86. The first kappa shape index (κ1) is 18.5. The number of rotatable bonds is 4. The van der Waals surface area contributed by atoms with E-state index in [0.717, 1.165) is 16.3 Å². The van der Waals surface area contributed by atoms with Crippen LogP contribution in [-0.4, -0.2) is 30.9 Å². The van der Waals surface area contributed by atoms with Gasteiger partial charge in [-0.1, -0.05) is 60.7 Å². The van der Waals surface area contributed by atoms with Gasteiger partial charge in [0, 0.05) is 5.56 Å². The Kier molecular flexibility index (Phi) is 4.81. The standard InChI is InChI=1S/C22H21NO4S/c24-19-11-10-15-6-4-5-9-18(15)20(19)21(16-7-2-1-3-8-16)23-22(25)17-12-13-28(26,27)14-17/h1-11,17,21,24H,12-14H2,(H,23,25). The molecule has 3 aromatic carbocycles. The highest BCUT2D eigenvalue weighted by Crippen LogP contribution is 2.36. The average Bonchev–Trinajstić information content (AvgIpc) is 3.07. The van der Waals surface area contributed by atoms with Gasteiger partial charge in [-0.25, -0.2) is 8.42 Å². The van der Waals surface area contributed by atoms with Gasteiger partial charge in [0.1, 0.15) is 5.75 Å². The first-order chi connectivity index (χ1) is 13.4. The normalized spacial score (nSPS) is 19.4. The Labute approximate surface area is 163 Å². The van der Waals surface area contributed by atoms with Crippen molar-refractivity contribution in [2.24, 2.45) is 5.92 Å². The Morgan fingerprint density at radius 2 is 1.71 bits per heavy atom. The molecule has 1 fully saturated rings. The van der Waals surface area contributed by atoms with Crippen molar-refractivity contribution in [3.8, 4) is 5.75 Å². The third-order valence-electron chi connectivity index (χ3n) is 5.26. The first-order valence-electron chi connectivity index (χ1n) is 9.21. The lowest BCUT2D eigenvalue weighted by atomic mass is 9.92. The van der Waals surface area contributed by atoms with Crippen molar-refractivity contribution in [2.75, 3.05) is 11.5 Å². The number of sulfone groups is 1. The molecule has 0 radical (unpaired) electrons. The molecule has 3 aromatic rings. The SMILES string of the molecule is O=C(NC(c1ccccc1)c1c(O)ccc2ccccc12)C1CCS(=O)(=O)C1. The number of carbonyl (C=O) groups excluding carboxylic acids is 1. The molecule has 0 aromatic heterocycles. The molecule has 1 saturated heterocycles. The lowest BCUT2D eigenvalue weighted by molar-refractivity contribution is -0.124. The van der Waals surface area contributed by atoms with Crippen LogP contribution in [0.2, 0.25) is 0 Å². The molecule has 1 aliphatic heterocycles. The van der Waals surface area contributed by atoms with Crippen molar-refractivity contribution in [1.82, 2.24) is 5.32 Å². The molecule has 1 heterocycles. The molecule has 2 unspecified atom stereocenters. The highest BCUT2D eigenvalue weighted by molar-refractivity contribution is 7.91. The zero-order valence-corrected chi connectivity index (χ0v) is 16.0. The van der Waals surface area contributed by atoms with E-state index >= 15 is 0 Å². The summed E-state index contributed by atoms with van der Waals surface area (Å²) in [5.74, 6) is -0.856. The predicted molar refractivity (Wildman–Crippen MR) is 109 cm³/mol. The van der Waals surface area contributed by atoms with Crippen molar-refractivity contribution in [1.29, 1.82) is 0 Å². The second kappa shape index (κ2) is 7.28. The summed E-state index contributed by atoms with van der Waals surface area (Å²) in [5.41, 5.74) is 1.43. The Balaban J connectivity index is 1.78. The summed E-state index contributed by atoms with van der Waals surface area (Å²) in [7, 11) is -3.16. The Morgan fingerprint density at radius 1 is 1.00 bits per heavy atom. The largest absolute Gasteiger partial charge is 0.508 e. The van der Waals surface area contributed by atoms with Gasteiger partial charge in [0.25, 0.3) is 0 Å². The van der Waals surface area contributed by atoms with Crippen LogP contribution in [0.5, 0.6) is 5.75 Å². The number of hydrogen-bond acceptors (Lipinski definition) is 4. The third-order valence-corrected chi connectivity index (χ3v) is 7.03. The van der Waals surface area contributed by atoms with Crippen LogP contribution in [0.1, 0.15) is 23.6 Å². The summed E-state index contributed by atoms with van der Waals surface area (Å²) in [5, 5.41) is 15.4. The van der Waals surface area contributed by atoms with Crippen molar-refractivity contribution in [2.45, 2.75) is 12.5 Å². The van der Waals surface area contributed by atoms with E-state index in [1.807, 2.05) is 60.7 Å². The van der Waals surface area contributed by atoms with E-state index in [1.54, 1.807) is 6.07 Å². The van der Waals surface area contributed by atoms with Gasteiger partial charge in [0.2, 0.25) is 5.91 Å². The quantitative estimate of drug-likeness (QED) is 0.711. The zero-order chi connectivity index (χ0) is 19.7. The van der Waals surface area contributed by atoms with Crippen LogP contribution in [0.4, 0.5) is 0 Å². The summed E-state index contributed by atoms with van der Waals surface area (Å²) < 4.78 is 23.6. The van der Waals surface area contributed by atoms with Crippen molar-refractivity contribution < 1.29 is 18.3 Å². The van der Waals surface area contributed by atoms with E-state index in [0.29, 0.717) is 12.0 Å². The van der Waals surface area contributed by atoms with E-state index in [9.17, 15) is 18.3 Å². The maximum absolute atomic E-state index is 12.9. The molecule has 0 bridgehead atoms. The van der Waals surface area contributed by atoms with E-state index in [2.05, 4.69) is 5.32 Å². The molecule has 0 saturated carbocycles. The summed E-state index contributed by atoms with van der Waals surface area (Å²) >= 11 is 0. The molecule has 2 N–H and O–H groups in total. The van der Waals surface area contributed by atoms with E-state index in [-0.39, 0.29) is 23.2 Å². The van der Waals surface area contributed by atoms with E-state index in [4.69, 9.17) is 0 Å². The van der Waals surface area contributed by atoms with Gasteiger partial charge in [-0.2, -0.15) is 0 Å². The monoisotopic (exact) mass is 395 g/mol. The number of carbonyl (C=O) groups is 1. The van der Waals surface area contributed by atoms with Crippen LogP contribution in [0.3, 0.4) is 0 Å². The van der Waals surface area contributed by atoms with Gasteiger partial charge in [0.05, 0.1) is 23.5 Å². The maximum Gasteiger partial charge on any atom is 0.224 e. The highest BCUT2D eigenvalue weighted by Gasteiger charge is 2.34. The van der Waals surface area contributed by atoms with Crippen LogP contribution in [0.15, 0.2) is 66.7 Å². The van der Waals surface area contributed by atoms with Crippen LogP contribution < -0.4 is 5.32 Å². The van der Waals surface area contributed by atoms with E-state index in [1.165, 1.54) is 0 Å². The number of fused-ring (bicyclic) bond motifs is 1. The summed E-state index contributed by atoms with van der Waals surface area (Å²) in [6.45, 7) is 0. The molecule has 2 atom stereocenters. The molecule has 5 nitrogen and oxygen atoms in total. The molecule has 4 rings (SSSR count). The van der Waals surface area contributed by atoms with Crippen LogP contribution in [-0.2, 0) is 14.6 Å². The summed E-state index contributed by atoms with van der Waals surface area (Å²) in [6.07, 6.45) is 0.331. The van der Waals surface area contributed by atoms with Gasteiger partial charge >= 0.3 is 0 Å². The minimum absolute atomic E-state index is 0.0423. The molecule has 144 valence electrons.